The smallest absolute Gasteiger partial charge is 0.172 e. The van der Waals surface area contributed by atoms with Gasteiger partial charge in [0.2, 0.25) is 0 Å². The van der Waals surface area contributed by atoms with Gasteiger partial charge in [0.05, 0.1) is 5.71 Å². The Morgan fingerprint density at radius 2 is 2.00 bits per heavy atom. The molecule has 0 bridgehead atoms. The topological polar surface area (TPSA) is 48.5 Å². The number of hydrogen-bond acceptors (Lipinski definition) is 3. The molecule has 20 heavy (non-hydrogen) atoms. The number of rotatable bonds is 4. The molecule has 1 aromatic rings. The van der Waals surface area contributed by atoms with Crippen LogP contribution >= 0.6 is 0 Å². The van der Waals surface area contributed by atoms with Gasteiger partial charge in [-0.1, -0.05) is 36.4 Å². The summed E-state index contributed by atoms with van der Waals surface area (Å²) < 4.78 is 0. The van der Waals surface area contributed by atoms with Crippen molar-refractivity contribution in [3.05, 3.63) is 71.3 Å². The van der Waals surface area contributed by atoms with Gasteiger partial charge in [0.15, 0.2) is 5.71 Å². The Bertz CT molecular complexity index is 725. The summed E-state index contributed by atoms with van der Waals surface area (Å²) in [5.74, 6) is 0. The highest BCUT2D eigenvalue weighted by Crippen LogP contribution is 2.33. The minimum atomic E-state index is 0.418. The van der Waals surface area contributed by atoms with Crippen LogP contribution in [0.2, 0.25) is 0 Å². The SMILES string of the molecule is C=CCC1=CC2=NN=C(C#N)C2=C1Cc1ccccc1. The van der Waals surface area contributed by atoms with Crippen LogP contribution in [0.5, 0.6) is 0 Å². The average molecular weight is 259 g/mol. The van der Waals surface area contributed by atoms with E-state index in [4.69, 9.17) is 0 Å². The fourth-order valence-corrected chi connectivity index (χ4v) is 2.55. The van der Waals surface area contributed by atoms with Crippen molar-refractivity contribution >= 4 is 11.4 Å². The molecule has 0 unspecified atom stereocenters. The summed E-state index contributed by atoms with van der Waals surface area (Å²) in [6.45, 7) is 3.80. The molecule has 96 valence electrons. The molecule has 0 spiro atoms. The van der Waals surface area contributed by atoms with Gasteiger partial charge in [-0.15, -0.1) is 16.8 Å². The van der Waals surface area contributed by atoms with Crippen LogP contribution in [0, 0.1) is 11.3 Å². The first-order valence-corrected chi connectivity index (χ1v) is 6.49. The number of nitriles is 1. The highest BCUT2D eigenvalue weighted by molar-refractivity contribution is 6.37. The lowest BCUT2D eigenvalue weighted by molar-refractivity contribution is 1.11. The fourth-order valence-electron chi connectivity index (χ4n) is 2.55. The zero-order valence-corrected chi connectivity index (χ0v) is 11.0. The van der Waals surface area contributed by atoms with Crippen molar-refractivity contribution in [3.63, 3.8) is 0 Å². The van der Waals surface area contributed by atoms with Gasteiger partial charge in [0.25, 0.3) is 0 Å². The first-order valence-electron chi connectivity index (χ1n) is 6.49. The highest BCUT2D eigenvalue weighted by Gasteiger charge is 2.29. The van der Waals surface area contributed by atoms with Gasteiger partial charge in [0, 0.05) is 5.57 Å². The molecule has 3 nitrogen and oxygen atoms in total. The molecule has 3 rings (SSSR count). The number of hydrogen-bond donors (Lipinski definition) is 0. The standard InChI is InChI=1S/C17H13N3/c1-2-6-13-10-15-17(16(11-18)20-19-15)14(13)9-12-7-4-3-5-8-12/h2-5,7-8,10H,1,6,9H2. The monoisotopic (exact) mass is 259 g/mol. The van der Waals surface area contributed by atoms with Crippen molar-refractivity contribution in [3.8, 4) is 6.07 Å². The van der Waals surface area contributed by atoms with E-state index in [1.807, 2.05) is 30.4 Å². The van der Waals surface area contributed by atoms with Gasteiger partial charge >= 0.3 is 0 Å². The Kier molecular flexibility index (Phi) is 3.14. The summed E-state index contributed by atoms with van der Waals surface area (Å²) in [6.07, 6.45) is 5.46. The normalized spacial score (nSPS) is 16.2. The summed E-state index contributed by atoms with van der Waals surface area (Å²) in [7, 11) is 0. The van der Waals surface area contributed by atoms with E-state index in [0.717, 1.165) is 29.7 Å². The molecule has 1 heterocycles. The third kappa shape index (κ3) is 2.02. The molecule has 3 heteroatoms. The Hall–Kier alpha value is -2.73. The van der Waals surface area contributed by atoms with Gasteiger partial charge in [-0.25, -0.2) is 0 Å². The minimum Gasteiger partial charge on any atom is -0.191 e. The van der Waals surface area contributed by atoms with Crippen molar-refractivity contribution in [2.45, 2.75) is 12.8 Å². The number of fused-ring (bicyclic) bond motifs is 1. The quantitative estimate of drug-likeness (QED) is 0.765. The lowest BCUT2D eigenvalue weighted by atomic mass is 9.94. The maximum Gasteiger partial charge on any atom is 0.172 e. The van der Waals surface area contributed by atoms with Crippen LogP contribution in [0.4, 0.5) is 0 Å². The van der Waals surface area contributed by atoms with Crippen LogP contribution in [0.15, 0.2) is 76.0 Å². The van der Waals surface area contributed by atoms with Crippen molar-refractivity contribution < 1.29 is 0 Å². The number of allylic oxidation sites excluding steroid dienone is 5. The van der Waals surface area contributed by atoms with Crippen LogP contribution < -0.4 is 0 Å². The highest BCUT2D eigenvalue weighted by atomic mass is 15.2. The molecule has 0 atom stereocenters. The summed E-state index contributed by atoms with van der Waals surface area (Å²) in [5, 5.41) is 17.2. The third-order valence-corrected chi connectivity index (χ3v) is 3.44. The second-order valence-corrected chi connectivity index (χ2v) is 4.72. The zero-order valence-electron chi connectivity index (χ0n) is 11.0. The van der Waals surface area contributed by atoms with E-state index in [2.05, 4.69) is 35.0 Å². The van der Waals surface area contributed by atoms with E-state index in [1.165, 1.54) is 11.1 Å². The first kappa shape index (κ1) is 12.3. The van der Waals surface area contributed by atoms with E-state index >= 15 is 0 Å². The van der Waals surface area contributed by atoms with Crippen LogP contribution in [0.25, 0.3) is 0 Å². The molecule has 0 N–H and O–H groups in total. The number of benzene rings is 1. The van der Waals surface area contributed by atoms with Gasteiger partial charge in [0.1, 0.15) is 6.07 Å². The van der Waals surface area contributed by atoms with E-state index < -0.39 is 0 Å². The zero-order chi connectivity index (χ0) is 13.9. The van der Waals surface area contributed by atoms with Crippen LogP contribution in [-0.4, -0.2) is 11.4 Å². The molecule has 0 saturated carbocycles. The predicted molar refractivity (Wildman–Crippen MR) is 80.6 cm³/mol. The third-order valence-electron chi connectivity index (χ3n) is 3.44. The average Bonchev–Trinajstić information content (AvgIpc) is 3.01. The van der Waals surface area contributed by atoms with Crippen molar-refractivity contribution in [2.75, 3.05) is 0 Å². The molecular formula is C17H13N3. The summed E-state index contributed by atoms with van der Waals surface area (Å²) in [4.78, 5) is 0. The second kappa shape index (κ2) is 5.10. The second-order valence-electron chi connectivity index (χ2n) is 4.72. The number of nitrogens with zero attached hydrogens (tertiary/aromatic N) is 3. The lowest BCUT2D eigenvalue weighted by Crippen LogP contribution is -2.05. The maximum atomic E-state index is 9.18. The van der Waals surface area contributed by atoms with Crippen LogP contribution in [0.3, 0.4) is 0 Å². The first-order chi connectivity index (χ1) is 9.83. The molecule has 0 fully saturated rings. The summed E-state index contributed by atoms with van der Waals surface area (Å²) in [6, 6.07) is 12.4. The van der Waals surface area contributed by atoms with Gasteiger partial charge in [-0.3, -0.25) is 0 Å². The molecule has 1 aromatic carbocycles. The minimum absolute atomic E-state index is 0.418. The molecule has 1 aliphatic heterocycles. The summed E-state index contributed by atoms with van der Waals surface area (Å²) in [5.41, 5.74) is 5.67. The van der Waals surface area contributed by atoms with Crippen LogP contribution in [0.1, 0.15) is 12.0 Å². The molecule has 1 aliphatic carbocycles. The van der Waals surface area contributed by atoms with E-state index in [9.17, 15) is 5.26 Å². The van der Waals surface area contributed by atoms with E-state index in [1.54, 1.807) is 0 Å². The van der Waals surface area contributed by atoms with E-state index in [-0.39, 0.29) is 0 Å². The molecule has 0 saturated heterocycles. The molecule has 0 aromatic heterocycles. The Labute approximate surface area is 118 Å². The fraction of sp³-hybridized carbons (Fsp3) is 0.118. The van der Waals surface area contributed by atoms with Gasteiger partial charge in [-0.05, 0) is 35.6 Å². The van der Waals surface area contributed by atoms with Crippen molar-refractivity contribution in [1.82, 2.24) is 0 Å². The largest absolute Gasteiger partial charge is 0.191 e. The predicted octanol–water partition coefficient (Wildman–Crippen LogP) is 3.38. The summed E-state index contributed by atoms with van der Waals surface area (Å²) >= 11 is 0. The van der Waals surface area contributed by atoms with Gasteiger partial charge in [-0.2, -0.15) is 5.26 Å². The Morgan fingerprint density at radius 1 is 1.20 bits per heavy atom. The lowest BCUT2D eigenvalue weighted by Gasteiger charge is -2.09. The molecule has 2 aliphatic rings. The molecule has 0 radical (unpaired) electrons. The van der Waals surface area contributed by atoms with E-state index in [0.29, 0.717) is 5.71 Å². The van der Waals surface area contributed by atoms with Crippen LogP contribution in [-0.2, 0) is 6.42 Å². The van der Waals surface area contributed by atoms with Gasteiger partial charge < -0.3 is 0 Å². The Morgan fingerprint density at radius 3 is 2.70 bits per heavy atom. The molecular weight excluding hydrogens is 246 g/mol. The maximum absolute atomic E-state index is 9.18. The van der Waals surface area contributed by atoms with Crippen molar-refractivity contribution in [2.24, 2.45) is 10.2 Å². The Balaban J connectivity index is 2.03. The molecule has 0 amide bonds. The van der Waals surface area contributed by atoms with Crippen molar-refractivity contribution in [1.29, 1.82) is 5.26 Å².